The van der Waals surface area contributed by atoms with Gasteiger partial charge in [-0.05, 0) is 44.5 Å². The number of aromatic nitrogens is 1. The number of imide groups is 1. The van der Waals surface area contributed by atoms with E-state index in [1.54, 1.807) is 0 Å². The monoisotopic (exact) mass is 427 g/mol. The molecule has 2 atom stereocenters. The maximum Gasteiger partial charge on any atom is 0.233 e. The van der Waals surface area contributed by atoms with E-state index in [4.69, 9.17) is 0 Å². The van der Waals surface area contributed by atoms with Gasteiger partial charge in [0, 0.05) is 45.3 Å². The van der Waals surface area contributed by atoms with Crippen molar-refractivity contribution in [3.63, 3.8) is 0 Å². The fourth-order valence-electron chi connectivity index (χ4n) is 4.94. The summed E-state index contributed by atoms with van der Waals surface area (Å²) >= 11 is 0. The molecular weight excluding hydrogens is 394 g/mol. The van der Waals surface area contributed by atoms with Crippen LogP contribution in [-0.4, -0.2) is 72.3 Å². The molecule has 2 aliphatic heterocycles. The maximum atomic E-state index is 12.5. The maximum absolute atomic E-state index is 12.5. The predicted octanol–water partition coefficient (Wildman–Crippen LogP) is 1.40. The lowest BCUT2D eigenvalue weighted by Crippen LogP contribution is -2.35. The number of amides is 3. The molecule has 8 heteroatoms. The molecule has 8 nitrogen and oxygen atoms in total. The molecule has 3 heterocycles. The van der Waals surface area contributed by atoms with Crippen LogP contribution < -0.4 is 10.2 Å². The molecular formula is C23H33N5O3. The molecule has 0 radical (unpaired) electrons. The summed E-state index contributed by atoms with van der Waals surface area (Å²) in [5, 5.41) is 2.88. The first-order valence-corrected chi connectivity index (χ1v) is 11.5. The van der Waals surface area contributed by atoms with Crippen molar-refractivity contribution in [1.82, 2.24) is 20.1 Å². The van der Waals surface area contributed by atoms with E-state index >= 15 is 0 Å². The highest BCUT2D eigenvalue weighted by atomic mass is 16.2. The Morgan fingerprint density at radius 3 is 2.45 bits per heavy atom. The fourth-order valence-corrected chi connectivity index (χ4v) is 4.94. The third-order valence-corrected chi connectivity index (χ3v) is 6.84. The van der Waals surface area contributed by atoms with Crippen molar-refractivity contribution in [1.29, 1.82) is 0 Å². The van der Waals surface area contributed by atoms with Crippen LogP contribution in [-0.2, 0) is 20.9 Å². The fraction of sp³-hybridized carbons (Fsp3) is 0.652. The molecule has 4 rings (SSSR count). The molecule has 168 valence electrons. The number of anilines is 1. The van der Waals surface area contributed by atoms with Crippen molar-refractivity contribution < 1.29 is 14.4 Å². The summed E-state index contributed by atoms with van der Waals surface area (Å²) < 4.78 is 0. The zero-order valence-electron chi connectivity index (χ0n) is 18.4. The highest BCUT2D eigenvalue weighted by molar-refractivity contribution is 6.05. The first-order chi connectivity index (χ1) is 15.0. The summed E-state index contributed by atoms with van der Waals surface area (Å²) in [7, 11) is 2.14. The Kier molecular flexibility index (Phi) is 6.85. The van der Waals surface area contributed by atoms with Gasteiger partial charge in [0.25, 0.3) is 0 Å². The molecule has 2 unspecified atom stereocenters. The third-order valence-electron chi connectivity index (χ3n) is 6.84. The first-order valence-electron chi connectivity index (χ1n) is 11.5. The minimum atomic E-state index is -0.157. The van der Waals surface area contributed by atoms with Crippen LogP contribution in [0.5, 0.6) is 0 Å². The van der Waals surface area contributed by atoms with Gasteiger partial charge >= 0.3 is 0 Å². The topological polar surface area (TPSA) is 85.9 Å². The normalized spacial score (nSPS) is 24.8. The van der Waals surface area contributed by atoms with Crippen LogP contribution in [0.1, 0.15) is 44.1 Å². The zero-order chi connectivity index (χ0) is 21.8. The summed E-state index contributed by atoms with van der Waals surface area (Å²) in [5.41, 5.74) is 0.934. The van der Waals surface area contributed by atoms with Gasteiger partial charge in [0.15, 0.2) is 0 Å². The van der Waals surface area contributed by atoms with Gasteiger partial charge in [-0.3, -0.25) is 19.3 Å². The number of likely N-dealkylation sites (tertiary alicyclic amines) is 1. The number of carbonyl (C=O) groups excluding carboxylic acids is 3. The SMILES string of the molecule is CN1CCCN(c2ccc(CNC(=O)CCN3C(=O)C4CCCCC4C3=O)cn2)CC1. The van der Waals surface area contributed by atoms with Gasteiger partial charge in [-0.2, -0.15) is 0 Å². The van der Waals surface area contributed by atoms with Crippen molar-refractivity contribution in [3.05, 3.63) is 23.9 Å². The highest BCUT2D eigenvalue weighted by Gasteiger charge is 2.47. The van der Waals surface area contributed by atoms with Gasteiger partial charge in [-0.1, -0.05) is 18.9 Å². The Labute approximate surface area is 184 Å². The third kappa shape index (κ3) is 5.06. The van der Waals surface area contributed by atoms with Gasteiger partial charge in [-0.25, -0.2) is 4.98 Å². The van der Waals surface area contributed by atoms with Crippen LogP contribution in [0.3, 0.4) is 0 Å². The Morgan fingerprint density at radius 1 is 1.03 bits per heavy atom. The lowest BCUT2D eigenvalue weighted by molar-refractivity contribution is -0.140. The summed E-state index contributed by atoms with van der Waals surface area (Å²) in [4.78, 5) is 47.8. The Bertz CT molecular complexity index is 788. The molecule has 2 saturated heterocycles. The van der Waals surface area contributed by atoms with Crippen LogP contribution in [0.2, 0.25) is 0 Å². The average molecular weight is 428 g/mol. The van der Waals surface area contributed by atoms with E-state index in [1.807, 2.05) is 18.3 Å². The van der Waals surface area contributed by atoms with Gasteiger partial charge in [0.2, 0.25) is 17.7 Å². The molecule has 1 aromatic heterocycles. The smallest absolute Gasteiger partial charge is 0.233 e. The van der Waals surface area contributed by atoms with E-state index in [9.17, 15) is 14.4 Å². The van der Waals surface area contributed by atoms with Crippen LogP contribution >= 0.6 is 0 Å². The number of hydrogen-bond donors (Lipinski definition) is 1. The number of nitrogens with one attached hydrogen (secondary N) is 1. The number of likely N-dealkylation sites (N-methyl/N-ethyl adjacent to an activating group) is 1. The molecule has 1 aliphatic carbocycles. The summed E-state index contributed by atoms with van der Waals surface area (Å²) in [6.07, 6.45) is 6.70. The van der Waals surface area contributed by atoms with Crippen molar-refractivity contribution >= 4 is 23.5 Å². The van der Waals surface area contributed by atoms with E-state index in [1.165, 1.54) is 4.90 Å². The number of hydrogen-bond acceptors (Lipinski definition) is 6. The van der Waals surface area contributed by atoms with Crippen molar-refractivity contribution in [2.45, 2.75) is 45.1 Å². The van der Waals surface area contributed by atoms with E-state index in [0.717, 1.165) is 69.7 Å². The molecule has 3 aliphatic rings. The largest absolute Gasteiger partial charge is 0.355 e. The second kappa shape index (κ2) is 9.77. The number of fused-ring (bicyclic) bond motifs is 1. The van der Waals surface area contributed by atoms with E-state index in [2.05, 4.69) is 27.1 Å². The zero-order valence-corrected chi connectivity index (χ0v) is 18.4. The quantitative estimate of drug-likeness (QED) is 0.691. The summed E-state index contributed by atoms with van der Waals surface area (Å²) in [6, 6.07) is 4.01. The summed E-state index contributed by atoms with van der Waals surface area (Å²) in [6.45, 7) is 4.68. The van der Waals surface area contributed by atoms with Crippen LogP contribution in [0.4, 0.5) is 5.82 Å². The van der Waals surface area contributed by atoms with Crippen LogP contribution in [0.25, 0.3) is 0 Å². The Morgan fingerprint density at radius 2 is 1.77 bits per heavy atom. The van der Waals surface area contributed by atoms with Crippen LogP contribution in [0.15, 0.2) is 18.3 Å². The first kappa shape index (κ1) is 21.7. The number of carbonyl (C=O) groups is 3. The van der Waals surface area contributed by atoms with Crippen molar-refractivity contribution in [2.24, 2.45) is 11.8 Å². The van der Waals surface area contributed by atoms with Crippen LogP contribution in [0, 0.1) is 11.8 Å². The molecule has 3 fully saturated rings. The second-order valence-corrected chi connectivity index (χ2v) is 9.02. The van der Waals surface area contributed by atoms with E-state index < -0.39 is 0 Å². The standard InChI is InChI=1S/C23H33N5O3/c1-26-10-4-11-27(14-13-26)20-8-7-17(15-24-20)16-25-21(29)9-12-28-22(30)18-5-2-3-6-19(18)23(28)31/h7-8,15,18-19H,2-6,9-14,16H2,1H3,(H,25,29). The lowest BCUT2D eigenvalue weighted by atomic mass is 9.81. The van der Waals surface area contributed by atoms with Crippen molar-refractivity contribution in [3.8, 4) is 0 Å². The number of rotatable bonds is 6. The lowest BCUT2D eigenvalue weighted by Gasteiger charge is -2.21. The molecule has 3 amide bonds. The van der Waals surface area contributed by atoms with Crippen molar-refractivity contribution in [2.75, 3.05) is 44.7 Å². The summed E-state index contributed by atoms with van der Waals surface area (Å²) in [5.74, 6) is 0.342. The average Bonchev–Trinajstić information content (AvgIpc) is 2.92. The van der Waals surface area contributed by atoms with Gasteiger partial charge in [0.1, 0.15) is 5.82 Å². The minimum absolute atomic E-state index is 0.0815. The van der Waals surface area contributed by atoms with Gasteiger partial charge in [-0.15, -0.1) is 0 Å². The predicted molar refractivity (Wildman–Crippen MR) is 117 cm³/mol. The van der Waals surface area contributed by atoms with Gasteiger partial charge in [0.05, 0.1) is 11.8 Å². The molecule has 0 spiro atoms. The molecule has 31 heavy (non-hydrogen) atoms. The minimum Gasteiger partial charge on any atom is -0.355 e. The molecule has 0 bridgehead atoms. The van der Waals surface area contributed by atoms with Gasteiger partial charge < -0.3 is 15.1 Å². The Hall–Kier alpha value is -2.48. The number of pyridine rings is 1. The Balaban J connectivity index is 1.23. The molecule has 1 N–H and O–H groups in total. The molecule has 1 saturated carbocycles. The van der Waals surface area contributed by atoms with E-state index in [0.29, 0.717) is 6.54 Å². The van der Waals surface area contributed by atoms with E-state index in [-0.39, 0.29) is 42.5 Å². The number of nitrogens with zero attached hydrogens (tertiary/aromatic N) is 4. The highest BCUT2D eigenvalue weighted by Crippen LogP contribution is 2.37. The second-order valence-electron chi connectivity index (χ2n) is 9.02. The molecule has 1 aromatic rings. The molecule has 0 aromatic carbocycles.